The largest absolute Gasteiger partial charge is 0.480 e. The Labute approximate surface area is 132 Å². The summed E-state index contributed by atoms with van der Waals surface area (Å²) < 4.78 is 4.99. The third-order valence-corrected chi connectivity index (χ3v) is 3.18. The van der Waals surface area contributed by atoms with Crippen molar-refractivity contribution in [1.29, 1.82) is 0 Å². The molecule has 1 atom stereocenters. The number of carbonyl (C=O) groups excluding carboxylic acids is 2. The first-order valence-electron chi connectivity index (χ1n) is 7.00. The molecule has 2 rings (SSSR count). The van der Waals surface area contributed by atoms with E-state index < -0.39 is 23.8 Å². The van der Waals surface area contributed by atoms with Crippen LogP contribution in [0.4, 0.5) is 5.69 Å². The average molecular weight is 316 g/mol. The number of carboxylic acids is 1. The van der Waals surface area contributed by atoms with Crippen LogP contribution < -0.4 is 10.6 Å². The zero-order valence-corrected chi connectivity index (χ0v) is 12.4. The van der Waals surface area contributed by atoms with Crippen molar-refractivity contribution in [1.82, 2.24) is 5.32 Å². The van der Waals surface area contributed by atoms with Gasteiger partial charge in [-0.15, -0.1) is 0 Å². The van der Waals surface area contributed by atoms with Gasteiger partial charge in [0.1, 0.15) is 6.04 Å². The minimum atomic E-state index is -1.11. The molecule has 3 N–H and O–H groups in total. The predicted octanol–water partition coefficient (Wildman–Crippen LogP) is 2.12. The van der Waals surface area contributed by atoms with Gasteiger partial charge in [-0.1, -0.05) is 19.1 Å². The van der Waals surface area contributed by atoms with Gasteiger partial charge in [0.2, 0.25) is 0 Å². The Bertz CT molecular complexity index is 709. The Kier molecular flexibility index (Phi) is 5.14. The number of aliphatic carboxylic acids is 1. The first kappa shape index (κ1) is 16.3. The molecule has 0 saturated heterocycles. The quantitative estimate of drug-likeness (QED) is 0.756. The molecule has 0 spiro atoms. The maximum absolute atomic E-state index is 12.3. The summed E-state index contributed by atoms with van der Waals surface area (Å²) in [7, 11) is 0. The van der Waals surface area contributed by atoms with Crippen molar-refractivity contribution < 1.29 is 23.9 Å². The highest BCUT2D eigenvalue weighted by molar-refractivity contribution is 6.08. The smallest absolute Gasteiger partial charge is 0.326 e. The highest BCUT2D eigenvalue weighted by Crippen LogP contribution is 2.17. The van der Waals surface area contributed by atoms with Gasteiger partial charge >= 0.3 is 5.97 Å². The van der Waals surface area contributed by atoms with Crippen molar-refractivity contribution >= 4 is 23.5 Å². The monoisotopic (exact) mass is 316 g/mol. The molecular weight excluding hydrogens is 300 g/mol. The van der Waals surface area contributed by atoms with E-state index in [0.29, 0.717) is 0 Å². The molecule has 7 heteroatoms. The average Bonchev–Trinajstić information content (AvgIpc) is 3.07. The van der Waals surface area contributed by atoms with Crippen LogP contribution >= 0.6 is 0 Å². The number of para-hydroxylation sites is 1. The lowest BCUT2D eigenvalue weighted by Gasteiger charge is -2.14. The van der Waals surface area contributed by atoms with Crippen LogP contribution in [0.5, 0.6) is 0 Å². The maximum atomic E-state index is 12.3. The minimum absolute atomic E-state index is 0.109. The Morgan fingerprint density at radius 1 is 1.13 bits per heavy atom. The van der Waals surface area contributed by atoms with Gasteiger partial charge in [-0.2, -0.15) is 0 Å². The van der Waals surface area contributed by atoms with E-state index >= 15 is 0 Å². The summed E-state index contributed by atoms with van der Waals surface area (Å²) in [5.74, 6) is -2.08. The number of nitrogens with one attached hydrogen (secondary N) is 2. The summed E-state index contributed by atoms with van der Waals surface area (Å²) in [5.41, 5.74) is 0.443. The number of carbonyl (C=O) groups is 3. The molecule has 2 aromatic rings. The van der Waals surface area contributed by atoms with E-state index in [0.717, 1.165) is 0 Å². The lowest BCUT2D eigenvalue weighted by molar-refractivity contribution is -0.139. The summed E-state index contributed by atoms with van der Waals surface area (Å²) in [6, 6.07) is 8.42. The summed E-state index contributed by atoms with van der Waals surface area (Å²) in [6.45, 7) is 1.66. The second-order valence-electron chi connectivity index (χ2n) is 4.75. The van der Waals surface area contributed by atoms with Gasteiger partial charge < -0.3 is 20.2 Å². The Hall–Kier alpha value is -3.09. The predicted molar refractivity (Wildman–Crippen MR) is 82.3 cm³/mol. The Balaban J connectivity index is 2.18. The van der Waals surface area contributed by atoms with Crippen molar-refractivity contribution in [2.75, 3.05) is 5.32 Å². The van der Waals surface area contributed by atoms with E-state index in [1.807, 2.05) is 0 Å². The lowest BCUT2D eigenvalue weighted by atomic mass is 10.1. The fourth-order valence-electron chi connectivity index (χ4n) is 1.96. The van der Waals surface area contributed by atoms with Gasteiger partial charge in [-0.3, -0.25) is 9.59 Å². The normalized spacial score (nSPS) is 11.5. The molecule has 7 nitrogen and oxygen atoms in total. The standard InChI is InChI=1S/C16H16N2O5/c1-2-11(16(21)22)17-14(19)10-6-3-4-7-12(10)18-15(20)13-8-5-9-23-13/h3-9,11H,2H2,1H3,(H,17,19)(H,18,20)(H,21,22)/t11-/m1/s1. The summed E-state index contributed by atoms with van der Waals surface area (Å²) in [4.78, 5) is 35.3. The second kappa shape index (κ2) is 7.26. The lowest BCUT2D eigenvalue weighted by Crippen LogP contribution is -2.40. The van der Waals surface area contributed by atoms with Crippen molar-refractivity contribution in [2.24, 2.45) is 0 Å². The molecule has 0 fully saturated rings. The van der Waals surface area contributed by atoms with Gasteiger partial charge in [-0.25, -0.2) is 4.79 Å². The van der Waals surface area contributed by atoms with Crippen LogP contribution in [0.1, 0.15) is 34.3 Å². The van der Waals surface area contributed by atoms with Crippen LogP contribution in [0.25, 0.3) is 0 Å². The molecule has 0 aliphatic rings. The molecule has 23 heavy (non-hydrogen) atoms. The highest BCUT2D eigenvalue weighted by atomic mass is 16.4. The molecule has 0 aliphatic carbocycles. The number of furan rings is 1. The number of benzene rings is 1. The third kappa shape index (κ3) is 3.97. The second-order valence-corrected chi connectivity index (χ2v) is 4.75. The van der Waals surface area contributed by atoms with E-state index in [2.05, 4.69) is 10.6 Å². The molecule has 1 aromatic carbocycles. The van der Waals surface area contributed by atoms with Crippen LogP contribution in [0.15, 0.2) is 47.1 Å². The summed E-state index contributed by atoms with van der Waals surface area (Å²) in [5, 5.41) is 14.0. The molecule has 0 bridgehead atoms. The Morgan fingerprint density at radius 2 is 1.87 bits per heavy atom. The number of carboxylic acid groups (broad SMARTS) is 1. The molecule has 0 saturated carbocycles. The zero-order chi connectivity index (χ0) is 16.8. The van der Waals surface area contributed by atoms with Crippen molar-refractivity contribution in [2.45, 2.75) is 19.4 Å². The molecule has 0 unspecified atom stereocenters. The van der Waals surface area contributed by atoms with Crippen molar-refractivity contribution in [3.8, 4) is 0 Å². The van der Waals surface area contributed by atoms with Crippen LogP contribution in [0.3, 0.4) is 0 Å². The van der Waals surface area contributed by atoms with Crippen molar-refractivity contribution in [3.05, 3.63) is 54.0 Å². The zero-order valence-electron chi connectivity index (χ0n) is 12.4. The Morgan fingerprint density at radius 3 is 2.48 bits per heavy atom. The van der Waals surface area contributed by atoms with Crippen LogP contribution in [0, 0.1) is 0 Å². The molecule has 1 heterocycles. The molecular formula is C16H16N2O5. The molecule has 0 aliphatic heterocycles. The number of hydrogen-bond donors (Lipinski definition) is 3. The van der Waals surface area contributed by atoms with E-state index in [4.69, 9.17) is 9.52 Å². The van der Waals surface area contributed by atoms with Gasteiger partial charge in [0, 0.05) is 0 Å². The highest BCUT2D eigenvalue weighted by Gasteiger charge is 2.21. The number of amides is 2. The van der Waals surface area contributed by atoms with Crippen LogP contribution in [-0.4, -0.2) is 28.9 Å². The molecule has 1 aromatic heterocycles. The first-order valence-corrected chi connectivity index (χ1v) is 7.00. The third-order valence-electron chi connectivity index (χ3n) is 3.18. The first-order chi connectivity index (χ1) is 11.0. The van der Waals surface area contributed by atoms with E-state index in [-0.39, 0.29) is 23.4 Å². The van der Waals surface area contributed by atoms with Gasteiger partial charge in [0.05, 0.1) is 17.5 Å². The SMILES string of the molecule is CC[C@@H](NC(=O)c1ccccc1NC(=O)c1ccco1)C(=O)O. The van der Waals surface area contributed by atoms with Gasteiger partial charge in [0.15, 0.2) is 5.76 Å². The maximum Gasteiger partial charge on any atom is 0.326 e. The fourth-order valence-corrected chi connectivity index (χ4v) is 1.96. The summed E-state index contributed by atoms with van der Waals surface area (Å²) >= 11 is 0. The summed E-state index contributed by atoms with van der Waals surface area (Å²) in [6.07, 6.45) is 1.62. The molecule has 0 radical (unpaired) electrons. The number of rotatable bonds is 6. The number of hydrogen-bond acceptors (Lipinski definition) is 4. The van der Waals surface area contributed by atoms with E-state index in [1.165, 1.54) is 18.4 Å². The fraction of sp³-hybridized carbons (Fsp3) is 0.188. The van der Waals surface area contributed by atoms with Gasteiger partial charge in [-0.05, 0) is 30.7 Å². The molecule has 120 valence electrons. The van der Waals surface area contributed by atoms with Gasteiger partial charge in [0.25, 0.3) is 11.8 Å². The van der Waals surface area contributed by atoms with Crippen LogP contribution in [0.2, 0.25) is 0 Å². The topological polar surface area (TPSA) is 109 Å². The van der Waals surface area contributed by atoms with E-state index in [1.54, 1.807) is 31.2 Å². The van der Waals surface area contributed by atoms with Crippen LogP contribution in [-0.2, 0) is 4.79 Å². The minimum Gasteiger partial charge on any atom is -0.480 e. The van der Waals surface area contributed by atoms with Crippen molar-refractivity contribution in [3.63, 3.8) is 0 Å². The number of anilines is 1. The van der Waals surface area contributed by atoms with E-state index in [9.17, 15) is 14.4 Å². The molecule has 2 amide bonds.